The predicted molar refractivity (Wildman–Crippen MR) is 70.5 cm³/mol. The van der Waals surface area contributed by atoms with Crippen LogP contribution in [0, 0.1) is 11.7 Å². The fourth-order valence-electron chi connectivity index (χ4n) is 2.09. The van der Waals surface area contributed by atoms with Crippen molar-refractivity contribution in [3.8, 4) is 5.75 Å². The van der Waals surface area contributed by atoms with E-state index < -0.39 is 0 Å². The van der Waals surface area contributed by atoms with Crippen molar-refractivity contribution in [1.29, 1.82) is 0 Å². The van der Waals surface area contributed by atoms with Gasteiger partial charge in [-0.05, 0) is 56.1 Å². The first-order valence-electron chi connectivity index (χ1n) is 6.60. The normalized spacial score (nSPS) is 18.9. The minimum absolute atomic E-state index is 0.0359. The van der Waals surface area contributed by atoms with Gasteiger partial charge in [0, 0.05) is 6.54 Å². The summed E-state index contributed by atoms with van der Waals surface area (Å²) in [6.07, 6.45) is 2.30. The Morgan fingerprint density at radius 1 is 1.42 bits per heavy atom. The minimum Gasteiger partial charge on any atom is -0.484 e. The quantitative estimate of drug-likeness (QED) is 0.845. The molecular formula is C14H19FN2O2. The molecule has 0 bridgehead atoms. The van der Waals surface area contributed by atoms with Crippen LogP contribution in [0.5, 0.6) is 5.75 Å². The molecule has 4 nitrogen and oxygen atoms in total. The number of amides is 1. The smallest absolute Gasteiger partial charge is 0.257 e. The summed E-state index contributed by atoms with van der Waals surface area (Å²) < 4.78 is 17.9. The number of carbonyl (C=O) groups is 1. The second-order valence-electron chi connectivity index (χ2n) is 4.76. The van der Waals surface area contributed by atoms with Gasteiger partial charge in [-0.3, -0.25) is 4.79 Å². The first kappa shape index (κ1) is 13.8. The van der Waals surface area contributed by atoms with Gasteiger partial charge in [0.15, 0.2) is 6.61 Å². The van der Waals surface area contributed by atoms with Crippen LogP contribution in [0.3, 0.4) is 0 Å². The maximum Gasteiger partial charge on any atom is 0.257 e. The van der Waals surface area contributed by atoms with Gasteiger partial charge in [0.05, 0.1) is 0 Å². The Hall–Kier alpha value is -1.62. The Morgan fingerprint density at radius 3 is 2.89 bits per heavy atom. The Balaban J connectivity index is 1.65. The summed E-state index contributed by atoms with van der Waals surface area (Å²) in [5.41, 5.74) is 0. The lowest BCUT2D eigenvalue weighted by atomic mass is 10.00. The zero-order valence-corrected chi connectivity index (χ0v) is 10.8. The van der Waals surface area contributed by atoms with Crippen molar-refractivity contribution in [2.45, 2.75) is 12.8 Å². The molecule has 104 valence electrons. The van der Waals surface area contributed by atoms with Crippen molar-refractivity contribution in [3.63, 3.8) is 0 Å². The van der Waals surface area contributed by atoms with Gasteiger partial charge in [0.25, 0.3) is 5.91 Å². The van der Waals surface area contributed by atoms with Crippen LogP contribution in [0.1, 0.15) is 12.8 Å². The molecule has 0 radical (unpaired) electrons. The molecule has 0 aliphatic carbocycles. The van der Waals surface area contributed by atoms with Gasteiger partial charge in [-0.2, -0.15) is 0 Å². The Kier molecular flexibility index (Phi) is 5.15. The SMILES string of the molecule is O=C(COc1ccc(F)cc1)NCC1CCCNC1. The summed E-state index contributed by atoms with van der Waals surface area (Å²) in [7, 11) is 0. The second kappa shape index (κ2) is 7.09. The lowest BCUT2D eigenvalue weighted by molar-refractivity contribution is -0.123. The standard InChI is InChI=1S/C14H19FN2O2/c15-12-3-5-13(6-4-12)19-10-14(18)17-9-11-2-1-7-16-8-11/h3-6,11,16H,1-2,7-10H2,(H,17,18). The van der Waals surface area contributed by atoms with E-state index in [2.05, 4.69) is 10.6 Å². The molecule has 19 heavy (non-hydrogen) atoms. The van der Waals surface area contributed by atoms with Gasteiger partial charge in [0.1, 0.15) is 11.6 Å². The van der Waals surface area contributed by atoms with Crippen LogP contribution >= 0.6 is 0 Å². The maximum atomic E-state index is 12.7. The first-order valence-corrected chi connectivity index (χ1v) is 6.60. The molecular weight excluding hydrogens is 247 g/mol. The molecule has 1 aromatic rings. The summed E-state index contributed by atoms with van der Waals surface area (Å²) in [5, 5.41) is 6.16. The molecule has 1 unspecified atom stereocenters. The molecule has 1 saturated heterocycles. The van der Waals surface area contributed by atoms with Crippen LogP contribution in [0.2, 0.25) is 0 Å². The van der Waals surface area contributed by atoms with E-state index in [9.17, 15) is 9.18 Å². The molecule has 0 spiro atoms. The van der Waals surface area contributed by atoms with Gasteiger partial charge < -0.3 is 15.4 Å². The molecule has 1 atom stereocenters. The van der Waals surface area contributed by atoms with Crippen LogP contribution in [0.4, 0.5) is 4.39 Å². The number of benzene rings is 1. The summed E-state index contributed by atoms with van der Waals surface area (Å²) in [4.78, 5) is 11.6. The molecule has 1 heterocycles. The van der Waals surface area contributed by atoms with Crippen molar-refractivity contribution in [3.05, 3.63) is 30.1 Å². The van der Waals surface area contributed by atoms with Crippen molar-refractivity contribution in [2.75, 3.05) is 26.2 Å². The number of halogens is 1. The lowest BCUT2D eigenvalue weighted by Gasteiger charge is -2.22. The van der Waals surface area contributed by atoms with E-state index in [4.69, 9.17) is 4.74 Å². The predicted octanol–water partition coefficient (Wildman–Crippen LogP) is 1.32. The number of piperidine rings is 1. The van der Waals surface area contributed by atoms with Gasteiger partial charge in [-0.1, -0.05) is 0 Å². The number of nitrogens with one attached hydrogen (secondary N) is 2. The molecule has 2 N–H and O–H groups in total. The third kappa shape index (κ3) is 4.87. The van der Waals surface area contributed by atoms with E-state index in [1.807, 2.05) is 0 Å². The van der Waals surface area contributed by atoms with Crippen LogP contribution in [0.25, 0.3) is 0 Å². The number of ether oxygens (including phenoxy) is 1. The van der Waals surface area contributed by atoms with Crippen LogP contribution in [-0.2, 0) is 4.79 Å². The highest BCUT2D eigenvalue weighted by molar-refractivity contribution is 5.77. The van der Waals surface area contributed by atoms with Crippen LogP contribution < -0.4 is 15.4 Å². The summed E-state index contributed by atoms with van der Waals surface area (Å²) >= 11 is 0. The topological polar surface area (TPSA) is 50.4 Å². The summed E-state index contributed by atoms with van der Waals surface area (Å²) in [6.45, 7) is 2.67. The monoisotopic (exact) mass is 266 g/mol. The molecule has 0 aromatic heterocycles. The van der Waals surface area contributed by atoms with E-state index in [-0.39, 0.29) is 18.3 Å². The van der Waals surface area contributed by atoms with Gasteiger partial charge in [0.2, 0.25) is 0 Å². The number of hydrogen-bond acceptors (Lipinski definition) is 3. The average molecular weight is 266 g/mol. The van der Waals surface area contributed by atoms with E-state index in [0.29, 0.717) is 18.2 Å². The van der Waals surface area contributed by atoms with E-state index in [1.54, 1.807) is 0 Å². The van der Waals surface area contributed by atoms with E-state index >= 15 is 0 Å². The minimum atomic E-state index is -0.318. The van der Waals surface area contributed by atoms with Crippen molar-refractivity contribution in [1.82, 2.24) is 10.6 Å². The average Bonchev–Trinajstić information content (AvgIpc) is 2.45. The summed E-state index contributed by atoms with van der Waals surface area (Å²) in [5.74, 6) is 0.538. The Labute approximate surface area is 112 Å². The Bertz CT molecular complexity index is 402. The highest BCUT2D eigenvalue weighted by Crippen LogP contribution is 2.11. The third-order valence-electron chi connectivity index (χ3n) is 3.17. The molecule has 5 heteroatoms. The fraction of sp³-hybridized carbons (Fsp3) is 0.500. The first-order chi connectivity index (χ1) is 9.24. The third-order valence-corrected chi connectivity index (χ3v) is 3.17. The van der Waals surface area contributed by atoms with Gasteiger partial charge >= 0.3 is 0 Å². The highest BCUT2D eigenvalue weighted by Gasteiger charge is 2.13. The molecule has 2 rings (SSSR count). The highest BCUT2D eigenvalue weighted by atomic mass is 19.1. The van der Waals surface area contributed by atoms with Crippen LogP contribution in [0.15, 0.2) is 24.3 Å². The zero-order valence-electron chi connectivity index (χ0n) is 10.8. The lowest BCUT2D eigenvalue weighted by Crippen LogP contribution is -2.39. The van der Waals surface area contributed by atoms with Crippen LogP contribution in [-0.4, -0.2) is 32.1 Å². The van der Waals surface area contributed by atoms with E-state index in [0.717, 1.165) is 25.9 Å². The molecule has 1 aromatic carbocycles. The van der Waals surface area contributed by atoms with Gasteiger partial charge in [-0.15, -0.1) is 0 Å². The second-order valence-corrected chi connectivity index (χ2v) is 4.76. The van der Waals surface area contributed by atoms with Crippen molar-refractivity contribution < 1.29 is 13.9 Å². The molecule has 1 amide bonds. The summed E-state index contributed by atoms with van der Waals surface area (Å²) in [6, 6.07) is 5.63. The largest absolute Gasteiger partial charge is 0.484 e. The number of hydrogen-bond donors (Lipinski definition) is 2. The maximum absolute atomic E-state index is 12.7. The Morgan fingerprint density at radius 2 is 2.21 bits per heavy atom. The molecule has 1 aliphatic heterocycles. The molecule has 1 fully saturated rings. The van der Waals surface area contributed by atoms with Crippen molar-refractivity contribution in [2.24, 2.45) is 5.92 Å². The zero-order chi connectivity index (χ0) is 13.5. The van der Waals surface area contributed by atoms with Crippen molar-refractivity contribution >= 4 is 5.91 Å². The fourth-order valence-corrected chi connectivity index (χ4v) is 2.09. The van der Waals surface area contributed by atoms with Gasteiger partial charge in [-0.25, -0.2) is 4.39 Å². The number of rotatable bonds is 5. The van der Waals surface area contributed by atoms with E-state index in [1.165, 1.54) is 24.3 Å². The molecule has 1 aliphatic rings. The number of carbonyl (C=O) groups excluding carboxylic acids is 1. The molecule has 0 saturated carbocycles.